The molecule has 0 amide bonds. The molecular weight excluding hydrogens is 284 g/mol. The number of aromatic nitrogens is 2. The Morgan fingerprint density at radius 1 is 1.47 bits per heavy atom. The van der Waals surface area contributed by atoms with Crippen LogP contribution in [-0.4, -0.2) is 22.6 Å². The van der Waals surface area contributed by atoms with E-state index in [1.807, 2.05) is 25.3 Å². The van der Waals surface area contributed by atoms with Crippen molar-refractivity contribution in [2.45, 2.75) is 6.92 Å². The third kappa shape index (κ3) is 2.39. The van der Waals surface area contributed by atoms with Crippen LogP contribution >= 0.6 is 15.9 Å². The summed E-state index contributed by atoms with van der Waals surface area (Å²) in [5.74, 6) is -0.368. The van der Waals surface area contributed by atoms with Gasteiger partial charge in [-0.3, -0.25) is 0 Å². The summed E-state index contributed by atoms with van der Waals surface area (Å²) >= 11 is 3.34. The summed E-state index contributed by atoms with van der Waals surface area (Å²) < 4.78 is 7.40. The lowest BCUT2D eigenvalue weighted by atomic mass is 10.2. The van der Waals surface area contributed by atoms with Gasteiger partial charge in [0.05, 0.1) is 30.4 Å². The molecule has 0 spiro atoms. The number of halogens is 1. The molecule has 0 aliphatic carbocycles. The van der Waals surface area contributed by atoms with E-state index >= 15 is 0 Å². The number of ether oxygens (including phenoxy) is 1. The number of nitrogens with zero attached hydrogens (tertiary/aromatic N) is 2. The van der Waals surface area contributed by atoms with Gasteiger partial charge in [-0.15, -0.1) is 0 Å². The van der Waals surface area contributed by atoms with E-state index in [0.29, 0.717) is 5.56 Å². The minimum absolute atomic E-state index is 0.368. The summed E-state index contributed by atoms with van der Waals surface area (Å²) in [5, 5.41) is 0. The van der Waals surface area contributed by atoms with Crippen LogP contribution in [0, 0.1) is 6.92 Å². The third-order valence-electron chi connectivity index (χ3n) is 2.35. The number of hydrogen-bond acceptors (Lipinski definition) is 3. The Hall–Kier alpha value is -1.62. The van der Waals surface area contributed by atoms with Gasteiger partial charge in [0.2, 0.25) is 0 Å². The van der Waals surface area contributed by atoms with Crippen LogP contribution in [0.3, 0.4) is 0 Å². The van der Waals surface area contributed by atoms with Crippen LogP contribution in [0.1, 0.15) is 16.1 Å². The topological polar surface area (TPSA) is 44.1 Å². The van der Waals surface area contributed by atoms with E-state index < -0.39 is 0 Å². The maximum Gasteiger partial charge on any atom is 0.340 e. The van der Waals surface area contributed by atoms with Gasteiger partial charge in [0, 0.05) is 10.7 Å². The summed E-state index contributed by atoms with van der Waals surface area (Å²) in [6.45, 7) is 1.90. The number of hydrogen-bond donors (Lipinski definition) is 0. The molecule has 0 saturated carbocycles. The van der Waals surface area contributed by atoms with Gasteiger partial charge in [-0.05, 0) is 25.1 Å². The fourth-order valence-corrected chi connectivity index (χ4v) is 1.92. The Balaban J connectivity index is 2.57. The normalized spacial score (nSPS) is 10.3. The van der Waals surface area contributed by atoms with Crippen molar-refractivity contribution in [3.63, 3.8) is 0 Å². The maximum absolute atomic E-state index is 11.7. The van der Waals surface area contributed by atoms with Crippen LogP contribution in [0.15, 0.2) is 35.2 Å². The number of carbonyl (C=O) groups is 1. The third-order valence-corrected chi connectivity index (χ3v) is 2.85. The lowest BCUT2D eigenvalue weighted by Crippen LogP contribution is -2.07. The molecule has 0 unspecified atom stereocenters. The second-order valence-electron chi connectivity index (χ2n) is 3.58. The van der Waals surface area contributed by atoms with E-state index in [1.54, 1.807) is 17.0 Å². The molecule has 1 heterocycles. The summed E-state index contributed by atoms with van der Waals surface area (Å²) in [6.07, 6.45) is 3.53. The van der Waals surface area contributed by atoms with Crippen molar-refractivity contribution in [1.82, 2.24) is 9.55 Å². The van der Waals surface area contributed by atoms with E-state index in [1.165, 1.54) is 7.11 Å². The molecule has 0 saturated heterocycles. The first-order chi connectivity index (χ1) is 8.11. The first-order valence-electron chi connectivity index (χ1n) is 5.00. The molecule has 2 aromatic rings. The zero-order valence-corrected chi connectivity index (χ0v) is 11.1. The number of aryl methyl sites for hydroxylation is 1. The molecule has 5 heteroatoms. The molecule has 0 N–H and O–H groups in total. The minimum Gasteiger partial charge on any atom is -0.465 e. The molecule has 4 nitrogen and oxygen atoms in total. The summed E-state index contributed by atoms with van der Waals surface area (Å²) in [7, 11) is 1.37. The fraction of sp³-hybridized carbons (Fsp3) is 0.167. The molecule has 1 aromatic carbocycles. The van der Waals surface area contributed by atoms with Crippen molar-refractivity contribution in [3.05, 3.63) is 46.5 Å². The van der Waals surface area contributed by atoms with Gasteiger partial charge in [-0.25, -0.2) is 9.78 Å². The van der Waals surface area contributed by atoms with Crippen LogP contribution in [0.25, 0.3) is 5.69 Å². The average molecular weight is 295 g/mol. The minimum atomic E-state index is -0.368. The van der Waals surface area contributed by atoms with E-state index in [9.17, 15) is 4.79 Å². The highest BCUT2D eigenvalue weighted by atomic mass is 79.9. The van der Waals surface area contributed by atoms with Gasteiger partial charge in [0.1, 0.15) is 0 Å². The highest BCUT2D eigenvalue weighted by Gasteiger charge is 2.13. The molecule has 0 fully saturated rings. The van der Waals surface area contributed by atoms with Gasteiger partial charge >= 0.3 is 5.97 Å². The molecule has 0 aliphatic rings. The average Bonchev–Trinajstić information content (AvgIpc) is 2.74. The van der Waals surface area contributed by atoms with Crippen LogP contribution < -0.4 is 0 Å². The molecule has 0 atom stereocenters. The first kappa shape index (κ1) is 11.9. The van der Waals surface area contributed by atoms with Crippen LogP contribution in [-0.2, 0) is 4.74 Å². The number of imidazole rings is 1. The lowest BCUT2D eigenvalue weighted by Gasteiger charge is -2.08. The van der Waals surface area contributed by atoms with Crippen LogP contribution in [0.2, 0.25) is 0 Å². The smallest absolute Gasteiger partial charge is 0.340 e. The van der Waals surface area contributed by atoms with Gasteiger partial charge in [-0.1, -0.05) is 15.9 Å². The van der Waals surface area contributed by atoms with Crippen molar-refractivity contribution >= 4 is 21.9 Å². The Kier molecular flexibility index (Phi) is 3.28. The van der Waals surface area contributed by atoms with E-state index in [-0.39, 0.29) is 5.97 Å². The van der Waals surface area contributed by atoms with Crippen molar-refractivity contribution in [2.24, 2.45) is 0 Å². The van der Waals surface area contributed by atoms with E-state index in [0.717, 1.165) is 15.9 Å². The number of benzene rings is 1. The molecule has 88 valence electrons. The Morgan fingerprint density at radius 2 is 2.24 bits per heavy atom. The molecule has 2 rings (SSSR count). The maximum atomic E-state index is 11.7. The molecular formula is C12H11BrN2O2. The number of methoxy groups -OCH3 is 1. The number of rotatable bonds is 2. The van der Waals surface area contributed by atoms with Crippen molar-refractivity contribution < 1.29 is 9.53 Å². The van der Waals surface area contributed by atoms with Crippen LogP contribution in [0.5, 0.6) is 0 Å². The molecule has 0 bridgehead atoms. The quantitative estimate of drug-likeness (QED) is 0.800. The highest BCUT2D eigenvalue weighted by molar-refractivity contribution is 9.10. The zero-order chi connectivity index (χ0) is 12.4. The monoisotopic (exact) mass is 294 g/mol. The van der Waals surface area contributed by atoms with Crippen LogP contribution in [0.4, 0.5) is 0 Å². The first-order valence-corrected chi connectivity index (χ1v) is 5.80. The van der Waals surface area contributed by atoms with E-state index in [2.05, 4.69) is 20.9 Å². The van der Waals surface area contributed by atoms with Crippen molar-refractivity contribution in [2.75, 3.05) is 7.11 Å². The van der Waals surface area contributed by atoms with E-state index in [4.69, 9.17) is 4.74 Å². The zero-order valence-electron chi connectivity index (χ0n) is 9.48. The summed E-state index contributed by atoms with van der Waals surface area (Å²) in [6, 6.07) is 5.45. The second-order valence-corrected chi connectivity index (χ2v) is 4.49. The van der Waals surface area contributed by atoms with Crippen molar-refractivity contribution in [3.8, 4) is 5.69 Å². The lowest BCUT2D eigenvalue weighted by molar-refractivity contribution is 0.0600. The predicted molar refractivity (Wildman–Crippen MR) is 67.3 cm³/mol. The predicted octanol–water partition coefficient (Wildman–Crippen LogP) is 2.73. The number of carbonyl (C=O) groups excluding carboxylic acids is 1. The van der Waals surface area contributed by atoms with Gasteiger partial charge in [0.25, 0.3) is 0 Å². The molecule has 0 aliphatic heterocycles. The molecule has 0 radical (unpaired) electrons. The number of esters is 1. The highest BCUT2D eigenvalue weighted by Crippen LogP contribution is 2.21. The van der Waals surface area contributed by atoms with Gasteiger partial charge in [-0.2, -0.15) is 0 Å². The SMILES string of the molecule is COC(=O)c1cc(Br)ccc1-n1cnc(C)c1. The van der Waals surface area contributed by atoms with Gasteiger partial charge < -0.3 is 9.30 Å². The molecule has 1 aromatic heterocycles. The van der Waals surface area contributed by atoms with Gasteiger partial charge in [0.15, 0.2) is 0 Å². The van der Waals surface area contributed by atoms with Crippen molar-refractivity contribution in [1.29, 1.82) is 0 Å². The second kappa shape index (κ2) is 4.71. The molecule has 17 heavy (non-hydrogen) atoms. The Bertz CT molecular complexity index is 563. The summed E-state index contributed by atoms with van der Waals surface area (Å²) in [4.78, 5) is 15.8. The Morgan fingerprint density at radius 3 is 2.82 bits per heavy atom. The summed E-state index contributed by atoms with van der Waals surface area (Å²) in [5.41, 5.74) is 2.14. The standard InChI is InChI=1S/C12H11BrN2O2/c1-8-6-15(7-14-8)11-4-3-9(13)5-10(11)12(16)17-2/h3-7H,1-2H3. The Labute approximate surface area is 107 Å². The largest absolute Gasteiger partial charge is 0.465 e. The fourth-order valence-electron chi connectivity index (χ4n) is 1.56.